The minimum Gasteiger partial charge on any atom is -0.497 e. The molecule has 3 aromatic rings. The number of pyridine rings is 1. The first kappa shape index (κ1) is 22.8. The van der Waals surface area contributed by atoms with Crippen molar-refractivity contribution in [2.75, 3.05) is 33.3 Å². The van der Waals surface area contributed by atoms with E-state index in [1.165, 1.54) is 34.5 Å². The molecule has 172 valence electrons. The largest absolute Gasteiger partial charge is 0.497 e. The fourth-order valence-electron chi connectivity index (χ4n) is 3.82. The number of nitrogens with zero attached hydrogens (tertiary/aromatic N) is 2. The molecule has 1 saturated heterocycles. The summed E-state index contributed by atoms with van der Waals surface area (Å²) in [6, 6.07) is 17.2. The summed E-state index contributed by atoms with van der Waals surface area (Å²) in [5, 5.41) is 0. The molecular formula is C24H25N3O5S. The van der Waals surface area contributed by atoms with Gasteiger partial charge in [0.25, 0.3) is 11.5 Å². The lowest BCUT2D eigenvalue weighted by Crippen LogP contribution is -2.51. The lowest BCUT2D eigenvalue weighted by molar-refractivity contribution is 0.0696. The second-order valence-corrected chi connectivity index (χ2v) is 9.79. The minimum atomic E-state index is -3.68. The van der Waals surface area contributed by atoms with Crippen LogP contribution in [0.25, 0.3) is 11.3 Å². The van der Waals surface area contributed by atoms with Crippen molar-refractivity contribution < 1.29 is 17.9 Å². The zero-order valence-electron chi connectivity index (χ0n) is 18.4. The number of benzene rings is 2. The van der Waals surface area contributed by atoms with E-state index in [1.54, 1.807) is 18.2 Å². The maximum absolute atomic E-state index is 12.9. The number of ether oxygens (including phenoxy) is 1. The number of methoxy groups -OCH3 is 1. The molecule has 0 saturated carbocycles. The highest BCUT2D eigenvalue weighted by atomic mass is 32.2. The summed E-state index contributed by atoms with van der Waals surface area (Å²) in [7, 11) is -2.16. The van der Waals surface area contributed by atoms with Crippen LogP contribution >= 0.6 is 0 Å². The van der Waals surface area contributed by atoms with Crippen molar-refractivity contribution in [2.45, 2.75) is 11.8 Å². The third-order valence-electron chi connectivity index (χ3n) is 5.69. The number of nitrogens with one attached hydrogen (secondary N) is 1. The standard InChI is InChI=1S/C24H25N3O5S/c1-17-4-3-5-18(16-17)22-11-10-21(23(28)25-22)24(29)26-12-14-27(15-13-26)33(30,31)20-8-6-19(32-2)7-9-20/h3-11,16H,12-15H2,1-2H3,(H,25,28). The molecule has 1 fully saturated rings. The molecule has 8 nitrogen and oxygen atoms in total. The highest BCUT2D eigenvalue weighted by molar-refractivity contribution is 7.89. The highest BCUT2D eigenvalue weighted by Gasteiger charge is 2.31. The van der Waals surface area contributed by atoms with E-state index in [4.69, 9.17) is 4.74 Å². The molecule has 0 spiro atoms. The molecule has 9 heteroatoms. The van der Waals surface area contributed by atoms with Crippen molar-refractivity contribution in [3.8, 4) is 17.0 Å². The quantitative estimate of drug-likeness (QED) is 0.622. The summed E-state index contributed by atoms with van der Waals surface area (Å²) >= 11 is 0. The number of H-pyrrole nitrogens is 1. The third kappa shape index (κ3) is 4.69. The van der Waals surface area contributed by atoms with Crippen molar-refractivity contribution in [2.24, 2.45) is 0 Å². The van der Waals surface area contributed by atoms with Gasteiger partial charge in [0.05, 0.1) is 12.0 Å². The Morgan fingerprint density at radius 3 is 2.27 bits per heavy atom. The van der Waals surface area contributed by atoms with Crippen LogP contribution in [0.1, 0.15) is 15.9 Å². The SMILES string of the molecule is COc1ccc(S(=O)(=O)N2CCN(C(=O)c3ccc(-c4cccc(C)c4)[nH]c3=O)CC2)cc1. The average molecular weight is 468 g/mol. The number of sulfonamides is 1. The van der Waals surface area contributed by atoms with Crippen LogP contribution in [0.4, 0.5) is 0 Å². The smallest absolute Gasteiger partial charge is 0.261 e. The van der Waals surface area contributed by atoms with Crippen LogP contribution in [0.2, 0.25) is 0 Å². The zero-order valence-corrected chi connectivity index (χ0v) is 19.3. The van der Waals surface area contributed by atoms with Gasteiger partial charge in [0.2, 0.25) is 10.0 Å². The van der Waals surface area contributed by atoms with Crippen molar-refractivity contribution in [1.29, 1.82) is 0 Å². The lowest BCUT2D eigenvalue weighted by Gasteiger charge is -2.34. The van der Waals surface area contributed by atoms with Crippen LogP contribution in [-0.2, 0) is 10.0 Å². The van der Waals surface area contributed by atoms with Gasteiger partial charge in [-0.3, -0.25) is 9.59 Å². The van der Waals surface area contributed by atoms with Gasteiger partial charge in [-0.15, -0.1) is 0 Å². The van der Waals surface area contributed by atoms with Crippen LogP contribution < -0.4 is 10.3 Å². The number of hydrogen-bond donors (Lipinski definition) is 1. The van der Waals surface area contributed by atoms with Crippen LogP contribution in [0, 0.1) is 6.92 Å². The number of aromatic amines is 1. The van der Waals surface area contributed by atoms with Crippen LogP contribution in [0.5, 0.6) is 5.75 Å². The first-order valence-corrected chi connectivity index (χ1v) is 12.0. The normalized spacial score (nSPS) is 14.8. The van der Waals surface area contributed by atoms with Gasteiger partial charge in [0.1, 0.15) is 11.3 Å². The van der Waals surface area contributed by atoms with E-state index in [2.05, 4.69) is 4.98 Å². The summed E-state index contributed by atoms with van der Waals surface area (Å²) in [5.41, 5.74) is 2.14. The molecule has 0 aliphatic carbocycles. The predicted octanol–water partition coefficient (Wildman–Crippen LogP) is 2.51. The third-order valence-corrected chi connectivity index (χ3v) is 7.60. The Morgan fingerprint density at radius 2 is 1.67 bits per heavy atom. The van der Waals surface area contributed by atoms with Crippen LogP contribution in [0.15, 0.2) is 70.4 Å². The van der Waals surface area contributed by atoms with Crippen molar-refractivity contribution in [3.05, 3.63) is 82.1 Å². The molecule has 1 aliphatic rings. The molecule has 1 amide bonds. The molecule has 0 radical (unpaired) electrons. The first-order chi connectivity index (χ1) is 15.8. The van der Waals surface area contributed by atoms with E-state index < -0.39 is 21.5 Å². The van der Waals surface area contributed by atoms with Crippen LogP contribution in [-0.4, -0.2) is 61.8 Å². The number of carbonyl (C=O) groups excluding carboxylic acids is 1. The number of hydrogen-bond acceptors (Lipinski definition) is 5. The molecule has 1 N–H and O–H groups in total. The Hall–Kier alpha value is -3.43. The number of carbonyl (C=O) groups is 1. The van der Waals surface area contributed by atoms with Gasteiger partial charge < -0.3 is 14.6 Å². The van der Waals surface area contributed by atoms with Gasteiger partial charge >= 0.3 is 0 Å². The van der Waals surface area contributed by atoms with Crippen LogP contribution in [0.3, 0.4) is 0 Å². The van der Waals surface area contributed by atoms with E-state index >= 15 is 0 Å². The van der Waals surface area contributed by atoms with Crippen molar-refractivity contribution in [3.63, 3.8) is 0 Å². The Balaban J connectivity index is 1.45. The Labute approximate surface area is 192 Å². The molecule has 0 atom stereocenters. The second kappa shape index (κ2) is 9.21. The molecule has 4 rings (SSSR count). The first-order valence-electron chi connectivity index (χ1n) is 10.5. The second-order valence-electron chi connectivity index (χ2n) is 7.86. The van der Waals surface area contributed by atoms with E-state index in [-0.39, 0.29) is 36.6 Å². The Kier molecular flexibility index (Phi) is 6.35. The maximum Gasteiger partial charge on any atom is 0.261 e. The monoisotopic (exact) mass is 467 g/mol. The molecule has 1 aliphatic heterocycles. The van der Waals surface area contributed by atoms with Gasteiger partial charge in [-0.2, -0.15) is 4.31 Å². The predicted molar refractivity (Wildman–Crippen MR) is 125 cm³/mol. The number of aromatic nitrogens is 1. The highest BCUT2D eigenvalue weighted by Crippen LogP contribution is 2.21. The lowest BCUT2D eigenvalue weighted by atomic mass is 10.1. The Bertz CT molecular complexity index is 1320. The van der Waals surface area contributed by atoms with Gasteiger partial charge in [0.15, 0.2) is 0 Å². The molecule has 1 aromatic heterocycles. The summed E-state index contributed by atoms with van der Waals surface area (Å²) < 4.78 is 32.2. The molecule has 2 aromatic carbocycles. The fourth-order valence-corrected chi connectivity index (χ4v) is 5.24. The summed E-state index contributed by atoms with van der Waals surface area (Å²) in [5.74, 6) is 0.163. The van der Waals surface area contributed by atoms with Gasteiger partial charge in [-0.1, -0.05) is 23.8 Å². The number of piperazine rings is 1. The minimum absolute atomic E-state index is 0.0397. The number of amides is 1. The van der Waals surface area contributed by atoms with E-state index in [9.17, 15) is 18.0 Å². The molecular weight excluding hydrogens is 442 g/mol. The fraction of sp³-hybridized carbons (Fsp3) is 0.250. The summed E-state index contributed by atoms with van der Waals surface area (Å²) in [6.45, 7) is 2.67. The summed E-state index contributed by atoms with van der Waals surface area (Å²) in [6.07, 6.45) is 0. The molecule has 33 heavy (non-hydrogen) atoms. The van der Waals surface area contributed by atoms with Gasteiger partial charge in [-0.25, -0.2) is 8.42 Å². The van der Waals surface area contributed by atoms with Gasteiger partial charge in [-0.05, 0) is 55.0 Å². The van der Waals surface area contributed by atoms with Crippen molar-refractivity contribution >= 4 is 15.9 Å². The number of rotatable bonds is 5. The average Bonchev–Trinajstić information content (AvgIpc) is 2.83. The van der Waals surface area contributed by atoms with Gasteiger partial charge in [0, 0.05) is 31.9 Å². The molecule has 2 heterocycles. The molecule has 0 bridgehead atoms. The Morgan fingerprint density at radius 1 is 0.970 bits per heavy atom. The molecule has 0 unspecified atom stereocenters. The van der Waals surface area contributed by atoms with E-state index in [0.717, 1.165) is 11.1 Å². The zero-order chi connectivity index (χ0) is 23.6. The van der Waals surface area contributed by atoms with E-state index in [0.29, 0.717) is 11.4 Å². The number of aryl methyl sites for hydroxylation is 1. The van der Waals surface area contributed by atoms with Crippen molar-refractivity contribution in [1.82, 2.24) is 14.2 Å². The van der Waals surface area contributed by atoms with E-state index in [1.807, 2.05) is 31.2 Å². The maximum atomic E-state index is 12.9. The topological polar surface area (TPSA) is 99.8 Å². The summed E-state index contributed by atoms with van der Waals surface area (Å²) in [4.78, 5) is 30.0.